The maximum atomic E-state index is 12.7. The zero-order valence-electron chi connectivity index (χ0n) is 39.2. The van der Waals surface area contributed by atoms with Gasteiger partial charge in [0.15, 0.2) is 11.6 Å². The van der Waals surface area contributed by atoms with Gasteiger partial charge in [-0.15, -0.1) is 0 Å². The monoisotopic (exact) mass is 1280 g/mol. The first kappa shape index (κ1) is 76.8. The molecule has 0 aliphatic carbocycles. The molecule has 2 atom stereocenters. The van der Waals surface area contributed by atoms with Gasteiger partial charge in [-0.05, 0) is 72.5 Å². The number of amidine groups is 2. The number of nitrogens with one attached hydrogen (secondary N) is 6. The third-order valence-corrected chi connectivity index (χ3v) is 11.5. The molecule has 29 heteroatoms. The van der Waals surface area contributed by atoms with Crippen LogP contribution in [0.4, 0.5) is 0 Å². The number of ketones is 2. The van der Waals surface area contributed by atoms with E-state index in [1.165, 1.54) is 24.3 Å². The second kappa shape index (κ2) is 38.0. The van der Waals surface area contributed by atoms with Crippen LogP contribution < -0.4 is 51.6 Å². The molecule has 0 radical (unpaired) electrons. The van der Waals surface area contributed by atoms with Gasteiger partial charge in [-0.1, -0.05) is 110 Å². The Bertz CT molecular complexity index is 2640. The van der Waals surface area contributed by atoms with Crippen LogP contribution in [0.3, 0.4) is 0 Å². The molecule has 0 fully saturated rings. The Morgan fingerprint density at radius 3 is 1.28 bits per heavy atom. The molecule has 20 nitrogen and oxygen atoms in total. The molecule has 0 aliphatic heterocycles. The molecule has 0 spiro atoms. The van der Waals surface area contributed by atoms with E-state index in [-0.39, 0.29) is 165 Å². The molecular weight excluding hydrogens is 1230 g/mol. The molecule has 4 amide bonds. The number of carbonyl (C=O) groups excluding carboxylic acids is 7. The smallest absolute Gasteiger partial charge is 0.870 e. The predicted molar refractivity (Wildman–Crippen MR) is 301 cm³/mol. The molecule has 0 aliphatic rings. The number of carboxylic acid groups (broad SMARTS) is 1. The van der Waals surface area contributed by atoms with Gasteiger partial charge in [0, 0.05) is 45.8 Å². The first-order valence-electron chi connectivity index (χ1n) is 20.1. The van der Waals surface area contributed by atoms with Crippen LogP contribution in [0, 0.1) is 10.8 Å². The van der Waals surface area contributed by atoms with E-state index in [0.717, 1.165) is 7.11 Å². The van der Waals surface area contributed by atoms with Gasteiger partial charge in [0.1, 0.15) is 12.1 Å². The first-order chi connectivity index (χ1) is 32.5. The number of ether oxygens (including phenoxy) is 1. The van der Waals surface area contributed by atoms with Crippen molar-refractivity contribution in [3.63, 3.8) is 0 Å². The molecule has 4 aromatic carbocycles. The maximum Gasteiger partial charge on any atom is 1.00 e. The topological polar surface area (TPSA) is 375 Å². The van der Waals surface area contributed by atoms with E-state index < -0.39 is 53.4 Å². The summed E-state index contributed by atoms with van der Waals surface area (Å²) in [5.41, 5.74) is 12.6. The van der Waals surface area contributed by atoms with Crippen LogP contribution in [0.25, 0.3) is 0 Å². The SMILES string of the molecule is C.COC(=O)[C@H](CCC(=O)CNC(=O)c1cccc(CC(=N)N)c1)NC(=O)c1c(Cl)cc(Br)cc1Cl.N=C(N)Cc1cccc(C(=O)NCC(=O)CC[C@H](NC(=O)c2c(Cl)cc(Br)cc2Cl)C(=O)O)c1.O.S.S.[Li+].[OH-]. The van der Waals surface area contributed by atoms with Gasteiger partial charge < -0.3 is 53.5 Å². The number of Topliss-reactive ketones (excluding diaryl/α,β-unsaturated/α-hetero) is 2. The molecule has 0 saturated carbocycles. The fourth-order valence-corrected chi connectivity index (χ4v) is 8.82. The van der Waals surface area contributed by atoms with Crippen LogP contribution in [-0.2, 0) is 36.8 Å². The zero-order valence-corrected chi connectivity index (χ0v) is 47.4. The summed E-state index contributed by atoms with van der Waals surface area (Å²) in [6.07, 6.45) is -0.185. The molecule has 406 valence electrons. The third kappa shape index (κ3) is 26.3. The van der Waals surface area contributed by atoms with Crippen molar-refractivity contribution >= 4 is 164 Å². The molecule has 0 unspecified atom stereocenters. The van der Waals surface area contributed by atoms with Crippen LogP contribution in [0.5, 0.6) is 0 Å². The van der Waals surface area contributed by atoms with Crippen LogP contribution in [0.2, 0.25) is 20.1 Å². The van der Waals surface area contributed by atoms with Gasteiger partial charge in [-0.3, -0.25) is 39.6 Å². The van der Waals surface area contributed by atoms with E-state index in [1.807, 2.05) is 0 Å². The molecule has 4 rings (SSSR count). The van der Waals surface area contributed by atoms with Crippen LogP contribution in [0.15, 0.2) is 81.7 Å². The molecule has 4 aromatic rings. The van der Waals surface area contributed by atoms with Crippen molar-refractivity contribution < 1.29 is 78.0 Å². The number of carbonyl (C=O) groups is 8. The van der Waals surface area contributed by atoms with E-state index in [1.54, 1.807) is 48.5 Å². The molecule has 0 heterocycles. The van der Waals surface area contributed by atoms with Gasteiger partial charge in [0.2, 0.25) is 0 Å². The first-order valence-corrected chi connectivity index (χ1v) is 23.2. The van der Waals surface area contributed by atoms with Crippen molar-refractivity contribution in [3.05, 3.63) is 135 Å². The molecule has 0 aromatic heterocycles. The summed E-state index contributed by atoms with van der Waals surface area (Å²) in [7, 11) is 1.16. The molecule has 75 heavy (non-hydrogen) atoms. The van der Waals surface area contributed by atoms with Crippen molar-refractivity contribution in [2.24, 2.45) is 11.5 Å². The summed E-state index contributed by atoms with van der Waals surface area (Å²) < 4.78 is 5.85. The summed E-state index contributed by atoms with van der Waals surface area (Å²) in [5.74, 6) is -5.40. The van der Waals surface area contributed by atoms with Gasteiger partial charge in [-0.2, -0.15) is 27.0 Å². The van der Waals surface area contributed by atoms with E-state index in [9.17, 15) is 43.5 Å². The average molecular weight is 1280 g/mol. The number of esters is 1. The molecule has 0 saturated heterocycles. The number of aliphatic carboxylic acids is 1. The number of rotatable bonds is 22. The van der Waals surface area contributed by atoms with Crippen molar-refractivity contribution in [1.82, 2.24) is 21.3 Å². The summed E-state index contributed by atoms with van der Waals surface area (Å²) in [6.45, 7) is -0.595. The Morgan fingerprint density at radius 1 is 0.627 bits per heavy atom. The summed E-state index contributed by atoms with van der Waals surface area (Å²) in [6, 6.07) is 16.4. The minimum atomic E-state index is -1.37. The summed E-state index contributed by atoms with van der Waals surface area (Å²) in [4.78, 5) is 98.1. The second-order valence-electron chi connectivity index (χ2n) is 14.7. The molecule has 0 bridgehead atoms. The number of amides is 4. The van der Waals surface area contributed by atoms with Gasteiger partial charge in [0.25, 0.3) is 23.6 Å². The quantitative estimate of drug-likeness (QED) is 0.0236. The Hall–Kier alpha value is -4.68. The van der Waals surface area contributed by atoms with E-state index in [0.29, 0.717) is 31.2 Å². The third-order valence-electron chi connectivity index (χ3n) is 9.35. The largest absolute Gasteiger partial charge is 1.00 e. The van der Waals surface area contributed by atoms with E-state index in [2.05, 4.69) is 53.1 Å². The van der Waals surface area contributed by atoms with Crippen molar-refractivity contribution in [2.45, 2.75) is 58.0 Å². The maximum absolute atomic E-state index is 12.7. The van der Waals surface area contributed by atoms with E-state index in [4.69, 9.17) is 73.4 Å². The Kier molecular flexibility index (Phi) is 38.9. The normalized spacial score (nSPS) is 10.4. The summed E-state index contributed by atoms with van der Waals surface area (Å²) in [5, 5.41) is 34.1. The standard InChI is InChI=1S/C23H23BrCl2N4O5.C22H21BrCl2N4O5.CH4.Li.2H2O.2H2S/c1-35-23(34)18(30-22(33)20-16(25)9-14(24)10-17(20)26)6-5-15(31)11-29-21(32)13-4-2-3-12(7-13)8-19(27)28;23-13-8-15(24)19(16(25)9-13)21(32)29-17(22(33)34)5-4-14(30)10-28-20(31)12-3-1-2-11(6-12)7-18(26)27;;;;;;/h2-4,7,9-10,18H,5-6,8,11H2,1H3,(H3,27,28)(H,29,32)(H,30,33);1-3,6,8-9,17H,4-5,7,10H2,(H3,26,27)(H,28,31)(H,29,32)(H,33,34);1H4;;4*1H2/q;;;+1;;;;/p-1/t18-;17-;;;;;;/m00....../s1. The molecule has 14 N–H and O–H groups in total. The number of halogens is 6. The fraction of sp³-hybridized carbons (Fsp3) is 0.261. The van der Waals surface area contributed by atoms with Gasteiger partial charge in [0.05, 0.1) is 63.1 Å². The van der Waals surface area contributed by atoms with Gasteiger partial charge in [-0.25, -0.2) is 9.59 Å². The second-order valence-corrected chi connectivity index (χ2v) is 18.2. The Balaban J connectivity index is -0.000000623. The number of carboxylic acids is 1. The van der Waals surface area contributed by atoms with Crippen LogP contribution >= 0.6 is 105 Å². The van der Waals surface area contributed by atoms with Crippen molar-refractivity contribution in [2.75, 3.05) is 20.2 Å². The fourth-order valence-electron chi connectivity index (χ4n) is 6.06. The number of methoxy groups -OCH3 is 1. The van der Waals surface area contributed by atoms with Gasteiger partial charge >= 0.3 is 30.8 Å². The zero-order chi connectivity index (χ0) is 51.5. The number of benzene rings is 4. The van der Waals surface area contributed by atoms with Crippen molar-refractivity contribution in [1.29, 1.82) is 10.8 Å². The summed E-state index contributed by atoms with van der Waals surface area (Å²) >= 11 is 30.7. The average Bonchev–Trinajstić information content (AvgIpc) is 3.26. The van der Waals surface area contributed by atoms with Crippen LogP contribution in [-0.4, -0.2) is 107 Å². The molecular formula is C46H55Br2Cl4LiN8O12S2. The Labute approximate surface area is 495 Å². The number of hydrogen-bond donors (Lipinski definition) is 9. The van der Waals surface area contributed by atoms with Crippen LogP contribution in [0.1, 0.15) is 85.7 Å². The minimum Gasteiger partial charge on any atom is -0.870 e. The number of nitrogens with two attached hydrogens (primary N) is 2. The van der Waals surface area contributed by atoms with E-state index >= 15 is 0 Å². The Morgan fingerprint density at radius 2 is 0.960 bits per heavy atom. The van der Waals surface area contributed by atoms with Crippen molar-refractivity contribution in [3.8, 4) is 0 Å². The number of hydrogen-bond acceptors (Lipinski definition) is 12. The predicted octanol–water partition coefficient (Wildman–Crippen LogP) is 3.35. The minimum absolute atomic E-state index is 0.